The summed E-state index contributed by atoms with van der Waals surface area (Å²) in [7, 11) is 0. The maximum absolute atomic E-state index is 11.0. The smallest absolute Gasteiger partial charge is 0.313 e. The van der Waals surface area contributed by atoms with E-state index in [1.807, 2.05) is 0 Å². The summed E-state index contributed by atoms with van der Waals surface area (Å²) in [6.07, 6.45) is 1.60. The van der Waals surface area contributed by atoms with Crippen LogP contribution in [0.25, 0.3) is 0 Å². The third kappa shape index (κ3) is 3.81. The van der Waals surface area contributed by atoms with E-state index in [0.29, 0.717) is 5.92 Å². The average molecular weight is 155 g/mol. The van der Waals surface area contributed by atoms with Gasteiger partial charge in [-0.1, -0.05) is 6.58 Å². The standard InChI is InChI=1S/C9H15O2/c1-6-9(4,5)11-8(10)7(2)3/h6H,1H2,2-5H3. The number of hydrogen-bond donors (Lipinski definition) is 0. The van der Waals surface area contributed by atoms with Crippen LogP contribution in [0.3, 0.4) is 0 Å². The summed E-state index contributed by atoms with van der Waals surface area (Å²) in [5, 5.41) is 0. The quantitative estimate of drug-likeness (QED) is 0.461. The van der Waals surface area contributed by atoms with Crippen LogP contribution in [-0.2, 0) is 9.53 Å². The fraction of sp³-hybridized carbons (Fsp3) is 0.556. The first-order chi connectivity index (χ1) is 4.89. The van der Waals surface area contributed by atoms with Crippen molar-refractivity contribution in [3.8, 4) is 0 Å². The molecule has 0 spiro atoms. The van der Waals surface area contributed by atoms with Crippen LogP contribution < -0.4 is 0 Å². The second-order valence-corrected chi connectivity index (χ2v) is 3.20. The number of hydrogen-bond acceptors (Lipinski definition) is 2. The zero-order chi connectivity index (χ0) is 9.07. The molecular formula is C9H15O2. The zero-order valence-electron chi connectivity index (χ0n) is 7.60. The minimum atomic E-state index is -0.561. The van der Waals surface area contributed by atoms with E-state index in [1.165, 1.54) is 0 Å². The Hall–Kier alpha value is -0.790. The minimum Gasteiger partial charge on any atom is -0.455 e. The molecule has 0 aromatic heterocycles. The van der Waals surface area contributed by atoms with Crippen LogP contribution >= 0.6 is 0 Å². The van der Waals surface area contributed by atoms with E-state index in [4.69, 9.17) is 4.74 Å². The van der Waals surface area contributed by atoms with Crippen molar-refractivity contribution in [2.75, 3.05) is 0 Å². The van der Waals surface area contributed by atoms with Crippen molar-refractivity contribution in [2.24, 2.45) is 0 Å². The Balaban J connectivity index is 4.04. The predicted octanol–water partition coefficient (Wildman–Crippen LogP) is 2.11. The normalized spacial score (nSPS) is 11.4. The summed E-state index contributed by atoms with van der Waals surface area (Å²) in [5.41, 5.74) is -0.561. The van der Waals surface area contributed by atoms with Gasteiger partial charge in [0.2, 0.25) is 0 Å². The Kier molecular flexibility index (Phi) is 3.30. The third-order valence-corrected chi connectivity index (χ3v) is 1.26. The highest BCUT2D eigenvalue weighted by Gasteiger charge is 2.20. The van der Waals surface area contributed by atoms with Crippen LogP contribution in [0.1, 0.15) is 27.7 Å². The molecule has 0 saturated carbocycles. The van der Waals surface area contributed by atoms with Crippen LogP contribution in [-0.4, -0.2) is 11.6 Å². The number of esters is 1. The molecule has 0 fully saturated rings. The first kappa shape index (κ1) is 10.2. The lowest BCUT2D eigenvalue weighted by atomic mass is 10.1. The van der Waals surface area contributed by atoms with Gasteiger partial charge in [-0.3, -0.25) is 4.79 Å². The molecule has 0 aliphatic carbocycles. The average Bonchev–Trinajstić information content (AvgIpc) is 1.87. The van der Waals surface area contributed by atoms with Gasteiger partial charge in [0.25, 0.3) is 0 Å². The third-order valence-electron chi connectivity index (χ3n) is 1.26. The van der Waals surface area contributed by atoms with Crippen LogP contribution in [0.15, 0.2) is 12.7 Å². The molecule has 0 rings (SSSR count). The molecule has 1 radical (unpaired) electrons. The van der Waals surface area contributed by atoms with Gasteiger partial charge >= 0.3 is 5.97 Å². The van der Waals surface area contributed by atoms with E-state index in [9.17, 15) is 4.79 Å². The number of ether oxygens (including phenoxy) is 1. The maximum Gasteiger partial charge on any atom is 0.313 e. The van der Waals surface area contributed by atoms with Crippen molar-refractivity contribution in [2.45, 2.75) is 33.3 Å². The summed E-state index contributed by atoms with van der Waals surface area (Å²) >= 11 is 0. The van der Waals surface area contributed by atoms with Crippen molar-refractivity contribution in [3.05, 3.63) is 18.6 Å². The second-order valence-electron chi connectivity index (χ2n) is 3.20. The van der Waals surface area contributed by atoms with Gasteiger partial charge in [-0.05, 0) is 33.8 Å². The van der Waals surface area contributed by atoms with Crippen LogP contribution in [0.5, 0.6) is 0 Å². The number of carbonyl (C=O) groups is 1. The molecule has 0 aromatic rings. The Morgan fingerprint density at radius 2 is 1.91 bits per heavy atom. The van der Waals surface area contributed by atoms with Crippen molar-refractivity contribution in [1.82, 2.24) is 0 Å². The summed E-state index contributed by atoms with van der Waals surface area (Å²) in [6, 6.07) is 0. The molecule has 0 aromatic carbocycles. The van der Waals surface area contributed by atoms with Gasteiger partial charge in [-0.25, -0.2) is 0 Å². The van der Waals surface area contributed by atoms with Crippen LogP contribution in [0.4, 0.5) is 0 Å². The lowest BCUT2D eigenvalue weighted by Gasteiger charge is -2.21. The molecule has 2 nitrogen and oxygen atoms in total. The molecule has 0 aliphatic rings. The maximum atomic E-state index is 11.0. The Morgan fingerprint density at radius 1 is 1.45 bits per heavy atom. The van der Waals surface area contributed by atoms with Gasteiger partial charge in [-0.2, -0.15) is 0 Å². The first-order valence-corrected chi connectivity index (χ1v) is 3.56. The molecule has 0 saturated heterocycles. The minimum absolute atomic E-state index is 0.269. The van der Waals surface area contributed by atoms with Crippen LogP contribution in [0, 0.1) is 5.92 Å². The zero-order valence-corrected chi connectivity index (χ0v) is 7.60. The fourth-order valence-electron chi connectivity index (χ4n) is 0.383. The summed E-state index contributed by atoms with van der Waals surface area (Å²) in [5.74, 6) is 0.384. The van der Waals surface area contributed by atoms with E-state index < -0.39 is 5.60 Å². The van der Waals surface area contributed by atoms with Crippen molar-refractivity contribution in [3.63, 3.8) is 0 Å². The van der Waals surface area contributed by atoms with Gasteiger partial charge in [-0.15, -0.1) is 0 Å². The summed E-state index contributed by atoms with van der Waals surface area (Å²) < 4.78 is 5.05. The molecule has 11 heavy (non-hydrogen) atoms. The fourth-order valence-corrected chi connectivity index (χ4v) is 0.383. The van der Waals surface area contributed by atoms with Gasteiger partial charge in [0.1, 0.15) is 5.60 Å². The van der Waals surface area contributed by atoms with Gasteiger partial charge in [0.15, 0.2) is 0 Å². The molecule has 0 bridgehead atoms. The van der Waals surface area contributed by atoms with Gasteiger partial charge in [0, 0.05) is 0 Å². The number of carbonyl (C=O) groups excluding carboxylic acids is 1. The van der Waals surface area contributed by atoms with E-state index in [0.717, 1.165) is 0 Å². The largest absolute Gasteiger partial charge is 0.455 e. The van der Waals surface area contributed by atoms with Crippen molar-refractivity contribution < 1.29 is 9.53 Å². The Morgan fingerprint density at radius 3 is 2.18 bits per heavy atom. The summed E-state index contributed by atoms with van der Waals surface area (Å²) in [6.45, 7) is 10.6. The molecule has 63 valence electrons. The Labute approximate surface area is 68.2 Å². The van der Waals surface area contributed by atoms with Gasteiger partial charge < -0.3 is 4.74 Å². The molecule has 2 heteroatoms. The molecule has 0 N–H and O–H groups in total. The monoisotopic (exact) mass is 155 g/mol. The van der Waals surface area contributed by atoms with E-state index >= 15 is 0 Å². The lowest BCUT2D eigenvalue weighted by Crippen LogP contribution is -2.26. The molecule has 0 amide bonds. The molecule has 0 heterocycles. The highest BCUT2D eigenvalue weighted by atomic mass is 16.6. The SMILES string of the molecule is C=CC(C)(C)OC(=O)[C](C)C. The molecule has 0 unspecified atom stereocenters. The molecular weight excluding hydrogens is 140 g/mol. The van der Waals surface area contributed by atoms with Gasteiger partial charge in [0.05, 0.1) is 5.92 Å². The van der Waals surface area contributed by atoms with E-state index in [1.54, 1.807) is 33.8 Å². The van der Waals surface area contributed by atoms with Crippen molar-refractivity contribution in [1.29, 1.82) is 0 Å². The van der Waals surface area contributed by atoms with E-state index in [2.05, 4.69) is 6.58 Å². The molecule has 0 aliphatic heterocycles. The Bertz CT molecular complexity index is 157. The topological polar surface area (TPSA) is 26.3 Å². The summed E-state index contributed by atoms with van der Waals surface area (Å²) in [4.78, 5) is 11.0. The van der Waals surface area contributed by atoms with E-state index in [-0.39, 0.29) is 5.97 Å². The highest BCUT2D eigenvalue weighted by Crippen LogP contribution is 2.13. The lowest BCUT2D eigenvalue weighted by molar-refractivity contribution is -0.149. The first-order valence-electron chi connectivity index (χ1n) is 3.56. The van der Waals surface area contributed by atoms with Crippen LogP contribution in [0.2, 0.25) is 0 Å². The number of rotatable bonds is 3. The predicted molar refractivity (Wildman–Crippen MR) is 45.0 cm³/mol. The highest BCUT2D eigenvalue weighted by molar-refractivity contribution is 5.83. The van der Waals surface area contributed by atoms with Crippen molar-refractivity contribution >= 4 is 5.97 Å². The molecule has 0 atom stereocenters. The second kappa shape index (κ2) is 3.56.